The first-order valence-electron chi connectivity index (χ1n) is 8.20. The summed E-state index contributed by atoms with van der Waals surface area (Å²) in [5.41, 5.74) is 2.84. The van der Waals surface area contributed by atoms with Crippen LogP contribution >= 0.6 is 15.9 Å². The molecule has 1 aromatic carbocycles. The zero-order valence-corrected chi connectivity index (χ0v) is 15.6. The Morgan fingerprint density at radius 1 is 1.28 bits per heavy atom. The molecule has 3 aromatic rings. The van der Waals surface area contributed by atoms with Gasteiger partial charge in [-0.05, 0) is 53.0 Å². The SMILES string of the molecule is Cc1cc(Br)cn2cc(CNC(=O)CCCOc3ccccc3)nc12. The predicted octanol–water partition coefficient (Wildman–Crippen LogP) is 3.88. The minimum Gasteiger partial charge on any atom is -0.494 e. The van der Waals surface area contributed by atoms with Crippen LogP contribution in [0.2, 0.25) is 0 Å². The average Bonchev–Trinajstić information content (AvgIpc) is 3.01. The van der Waals surface area contributed by atoms with Crippen LogP contribution in [0.15, 0.2) is 53.3 Å². The van der Waals surface area contributed by atoms with Crippen LogP contribution in [0.25, 0.3) is 5.65 Å². The second-order valence-electron chi connectivity index (χ2n) is 5.85. The van der Waals surface area contributed by atoms with Crippen LogP contribution in [0.4, 0.5) is 0 Å². The number of pyridine rings is 1. The predicted molar refractivity (Wildman–Crippen MR) is 101 cm³/mol. The van der Waals surface area contributed by atoms with E-state index in [0.29, 0.717) is 26.0 Å². The highest BCUT2D eigenvalue weighted by molar-refractivity contribution is 9.10. The summed E-state index contributed by atoms with van der Waals surface area (Å²) < 4.78 is 8.55. The number of aromatic nitrogens is 2. The maximum atomic E-state index is 12.0. The Morgan fingerprint density at radius 2 is 2.08 bits per heavy atom. The lowest BCUT2D eigenvalue weighted by atomic mass is 10.3. The lowest BCUT2D eigenvalue weighted by Gasteiger charge is -2.06. The molecule has 25 heavy (non-hydrogen) atoms. The van der Waals surface area contributed by atoms with Crippen molar-refractivity contribution < 1.29 is 9.53 Å². The molecular weight excluding hydrogens is 382 g/mol. The number of benzene rings is 1. The van der Waals surface area contributed by atoms with Crippen molar-refractivity contribution in [3.8, 4) is 5.75 Å². The molecule has 3 rings (SSSR count). The van der Waals surface area contributed by atoms with Gasteiger partial charge in [-0.15, -0.1) is 0 Å². The molecule has 1 N–H and O–H groups in total. The number of carbonyl (C=O) groups is 1. The molecule has 2 heterocycles. The molecule has 6 heteroatoms. The second kappa shape index (κ2) is 8.16. The Morgan fingerprint density at radius 3 is 2.88 bits per heavy atom. The van der Waals surface area contributed by atoms with Crippen molar-refractivity contribution in [1.29, 1.82) is 0 Å². The van der Waals surface area contributed by atoms with E-state index in [4.69, 9.17) is 4.74 Å². The van der Waals surface area contributed by atoms with Crippen molar-refractivity contribution in [2.45, 2.75) is 26.3 Å². The minimum absolute atomic E-state index is 0.00613. The van der Waals surface area contributed by atoms with Crippen LogP contribution in [0.3, 0.4) is 0 Å². The topological polar surface area (TPSA) is 55.6 Å². The van der Waals surface area contributed by atoms with Gasteiger partial charge in [0, 0.05) is 23.3 Å². The summed E-state index contributed by atoms with van der Waals surface area (Å²) in [6.07, 6.45) is 5.01. The van der Waals surface area contributed by atoms with Crippen LogP contribution in [0.1, 0.15) is 24.1 Å². The van der Waals surface area contributed by atoms with Gasteiger partial charge in [-0.1, -0.05) is 18.2 Å². The fourth-order valence-corrected chi connectivity index (χ4v) is 3.14. The maximum Gasteiger partial charge on any atom is 0.220 e. The quantitative estimate of drug-likeness (QED) is 0.611. The van der Waals surface area contributed by atoms with E-state index in [0.717, 1.165) is 27.1 Å². The van der Waals surface area contributed by atoms with Crippen molar-refractivity contribution in [3.63, 3.8) is 0 Å². The number of nitrogens with zero attached hydrogens (tertiary/aromatic N) is 2. The highest BCUT2D eigenvalue weighted by Gasteiger charge is 2.07. The van der Waals surface area contributed by atoms with Gasteiger partial charge in [0.25, 0.3) is 0 Å². The number of rotatable bonds is 7. The molecule has 0 fully saturated rings. The number of fused-ring (bicyclic) bond motifs is 1. The van der Waals surface area contributed by atoms with Crippen molar-refractivity contribution in [2.24, 2.45) is 0 Å². The van der Waals surface area contributed by atoms with Crippen LogP contribution in [0.5, 0.6) is 5.75 Å². The third kappa shape index (κ3) is 4.82. The normalized spacial score (nSPS) is 10.8. The maximum absolute atomic E-state index is 12.0. The molecule has 0 saturated carbocycles. The molecule has 0 bridgehead atoms. The fourth-order valence-electron chi connectivity index (χ4n) is 2.58. The number of amides is 1. The number of halogens is 1. The van der Waals surface area contributed by atoms with Gasteiger partial charge in [0.05, 0.1) is 18.8 Å². The molecule has 5 nitrogen and oxygen atoms in total. The molecule has 1 amide bonds. The van der Waals surface area contributed by atoms with E-state index >= 15 is 0 Å². The van der Waals surface area contributed by atoms with Crippen LogP contribution in [0, 0.1) is 6.92 Å². The highest BCUT2D eigenvalue weighted by atomic mass is 79.9. The van der Waals surface area contributed by atoms with E-state index in [1.807, 2.05) is 60.1 Å². The van der Waals surface area contributed by atoms with Crippen LogP contribution in [-0.4, -0.2) is 21.9 Å². The van der Waals surface area contributed by atoms with Gasteiger partial charge in [0.2, 0.25) is 5.91 Å². The Hall–Kier alpha value is -2.34. The monoisotopic (exact) mass is 401 g/mol. The molecule has 0 spiro atoms. The zero-order chi connectivity index (χ0) is 17.6. The first kappa shape index (κ1) is 17.5. The summed E-state index contributed by atoms with van der Waals surface area (Å²) in [7, 11) is 0. The van der Waals surface area contributed by atoms with Gasteiger partial charge in [0.15, 0.2) is 0 Å². The van der Waals surface area contributed by atoms with E-state index < -0.39 is 0 Å². The number of carbonyl (C=O) groups excluding carboxylic acids is 1. The standard InChI is InChI=1S/C19H20BrN3O2/c1-14-10-15(20)12-23-13-16(22-19(14)23)11-21-18(24)8-5-9-25-17-6-3-2-4-7-17/h2-4,6-7,10,12-13H,5,8-9,11H2,1H3,(H,21,24). The van der Waals surface area contributed by atoms with Crippen molar-refractivity contribution >= 4 is 27.5 Å². The summed E-state index contributed by atoms with van der Waals surface area (Å²) in [5, 5.41) is 2.91. The minimum atomic E-state index is 0.00613. The smallest absolute Gasteiger partial charge is 0.220 e. The number of ether oxygens (including phenoxy) is 1. The molecule has 0 aliphatic heterocycles. The molecule has 2 aromatic heterocycles. The van der Waals surface area contributed by atoms with Crippen molar-refractivity contribution in [2.75, 3.05) is 6.61 Å². The summed E-state index contributed by atoms with van der Waals surface area (Å²) in [6.45, 7) is 2.97. The summed E-state index contributed by atoms with van der Waals surface area (Å²) >= 11 is 3.48. The molecule has 0 radical (unpaired) electrons. The number of hydrogen-bond donors (Lipinski definition) is 1. The molecule has 130 valence electrons. The highest BCUT2D eigenvalue weighted by Crippen LogP contribution is 2.17. The van der Waals surface area contributed by atoms with Gasteiger partial charge in [-0.2, -0.15) is 0 Å². The van der Waals surface area contributed by atoms with Gasteiger partial charge in [0.1, 0.15) is 11.4 Å². The van der Waals surface area contributed by atoms with E-state index in [1.165, 1.54) is 0 Å². The van der Waals surface area contributed by atoms with E-state index in [1.54, 1.807) is 0 Å². The first-order valence-corrected chi connectivity index (χ1v) is 8.99. The number of para-hydroxylation sites is 1. The van der Waals surface area contributed by atoms with E-state index in [-0.39, 0.29) is 5.91 Å². The number of aryl methyl sites for hydroxylation is 1. The fraction of sp³-hybridized carbons (Fsp3) is 0.263. The first-order chi connectivity index (χ1) is 12.1. The van der Waals surface area contributed by atoms with E-state index in [2.05, 4.69) is 26.2 Å². The second-order valence-corrected chi connectivity index (χ2v) is 6.76. The number of nitrogens with one attached hydrogen (secondary N) is 1. The zero-order valence-electron chi connectivity index (χ0n) is 14.0. The van der Waals surface area contributed by atoms with E-state index in [9.17, 15) is 4.79 Å². The van der Waals surface area contributed by atoms with Crippen molar-refractivity contribution in [1.82, 2.24) is 14.7 Å². The third-order valence-corrected chi connectivity index (χ3v) is 4.21. The van der Waals surface area contributed by atoms with Crippen LogP contribution in [-0.2, 0) is 11.3 Å². The lowest BCUT2D eigenvalue weighted by molar-refractivity contribution is -0.121. The Balaban J connectivity index is 1.44. The summed E-state index contributed by atoms with van der Waals surface area (Å²) in [6, 6.07) is 11.6. The van der Waals surface area contributed by atoms with Crippen molar-refractivity contribution in [3.05, 3.63) is 64.5 Å². The average molecular weight is 402 g/mol. The number of imidazole rings is 1. The van der Waals surface area contributed by atoms with Gasteiger partial charge < -0.3 is 14.5 Å². The molecule has 0 aliphatic carbocycles. The Kier molecular flexibility index (Phi) is 5.71. The molecule has 0 atom stereocenters. The van der Waals surface area contributed by atoms with Gasteiger partial charge in [-0.3, -0.25) is 4.79 Å². The molecular formula is C19H20BrN3O2. The Bertz CT molecular complexity index is 862. The summed E-state index contributed by atoms with van der Waals surface area (Å²) in [5.74, 6) is 0.834. The molecule has 0 unspecified atom stereocenters. The number of hydrogen-bond acceptors (Lipinski definition) is 3. The van der Waals surface area contributed by atoms with Crippen LogP contribution < -0.4 is 10.1 Å². The van der Waals surface area contributed by atoms with Gasteiger partial charge in [-0.25, -0.2) is 4.98 Å². The third-order valence-electron chi connectivity index (χ3n) is 3.78. The molecule has 0 saturated heterocycles. The largest absolute Gasteiger partial charge is 0.494 e. The molecule has 0 aliphatic rings. The summed E-state index contributed by atoms with van der Waals surface area (Å²) in [4.78, 5) is 16.5. The lowest BCUT2D eigenvalue weighted by Crippen LogP contribution is -2.23. The Labute approximate surface area is 155 Å². The van der Waals surface area contributed by atoms with Gasteiger partial charge >= 0.3 is 0 Å².